The summed E-state index contributed by atoms with van der Waals surface area (Å²) < 4.78 is 14.2. The van der Waals surface area contributed by atoms with E-state index in [1.54, 1.807) is 37.3 Å². The molecule has 3 aromatic rings. The molecule has 0 aliphatic heterocycles. The van der Waals surface area contributed by atoms with Crippen molar-refractivity contribution in [2.75, 3.05) is 0 Å². The molecule has 1 N–H and O–H groups in total. The van der Waals surface area contributed by atoms with Gasteiger partial charge in [-0.15, -0.1) is 0 Å². The maximum atomic E-state index is 13.1. The SMILES string of the molecule is CC(C(=O)NCc1ccccc1Cl)n1nc(-c2ccc(F)cc2)ccc1=O. The van der Waals surface area contributed by atoms with Gasteiger partial charge in [0.1, 0.15) is 11.9 Å². The summed E-state index contributed by atoms with van der Waals surface area (Å²) in [5.74, 6) is -0.722. The van der Waals surface area contributed by atoms with Gasteiger partial charge in [-0.1, -0.05) is 29.8 Å². The second-order valence-electron chi connectivity index (χ2n) is 5.99. The lowest BCUT2D eigenvalue weighted by Gasteiger charge is -2.15. The van der Waals surface area contributed by atoms with E-state index in [4.69, 9.17) is 11.6 Å². The van der Waals surface area contributed by atoms with Gasteiger partial charge in [-0.25, -0.2) is 9.07 Å². The summed E-state index contributed by atoms with van der Waals surface area (Å²) in [6, 6.07) is 15.0. The molecular weight excluding hydrogens is 369 g/mol. The standard InChI is InChI=1S/C20H17ClFN3O2/c1-13(20(27)23-12-15-4-2-3-5-17(15)21)25-19(26)11-10-18(24-25)14-6-8-16(22)9-7-14/h2-11,13H,12H2,1H3,(H,23,27). The van der Waals surface area contributed by atoms with Gasteiger partial charge in [0.25, 0.3) is 5.56 Å². The van der Waals surface area contributed by atoms with Crippen LogP contribution in [0.3, 0.4) is 0 Å². The molecule has 1 unspecified atom stereocenters. The van der Waals surface area contributed by atoms with E-state index in [-0.39, 0.29) is 18.3 Å². The van der Waals surface area contributed by atoms with Gasteiger partial charge < -0.3 is 5.32 Å². The Morgan fingerprint density at radius 3 is 2.56 bits per heavy atom. The maximum Gasteiger partial charge on any atom is 0.267 e. The van der Waals surface area contributed by atoms with Crippen LogP contribution in [-0.4, -0.2) is 15.7 Å². The molecule has 3 rings (SSSR count). The zero-order chi connectivity index (χ0) is 19.4. The van der Waals surface area contributed by atoms with Crippen LogP contribution in [0, 0.1) is 5.82 Å². The van der Waals surface area contributed by atoms with Crippen LogP contribution >= 0.6 is 11.6 Å². The molecule has 0 spiro atoms. The largest absolute Gasteiger partial charge is 0.350 e. The van der Waals surface area contributed by atoms with Crippen molar-refractivity contribution >= 4 is 17.5 Å². The Morgan fingerprint density at radius 2 is 1.85 bits per heavy atom. The van der Waals surface area contributed by atoms with Gasteiger partial charge >= 0.3 is 0 Å². The highest BCUT2D eigenvalue weighted by atomic mass is 35.5. The maximum absolute atomic E-state index is 13.1. The van der Waals surface area contributed by atoms with E-state index in [1.807, 2.05) is 12.1 Å². The van der Waals surface area contributed by atoms with E-state index in [9.17, 15) is 14.0 Å². The predicted molar refractivity (Wildman–Crippen MR) is 102 cm³/mol. The van der Waals surface area contributed by atoms with E-state index in [0.29, 0.717) is 16.3 Å². The zero-order valence-corrected chi connectivity index (χ0v) is 15.3. The van der Waals surface area contributed by atoms with Crippen LogP contribution in [0.2, 0.25) is 5.02 Å². The average Bonchev–Trinajstić information content (AvgIpc) is 2.67. The first-order valence-corrected chi connectivity index (χ1v) is 8.70. The monoisotopic (exact) mass is 385 g/mol. The molecule has 7 heteroatoms. The number of amides is 1. The lowest BCUT2D eigenvalue weighted by Crippen LogP contribution is -2.36. The average molecular weight is 386 g/mol. The van der Waals surface area contributed by atoms with Gasteiger partial charge in [0, 0.05) is 23.2 Å². The fraction of sp³-hybridized carbons (Fsp3) is 0.150. The van der Waals surface area contributed by atoms with Crippen LogP contribution in [-0.2, 0) is 11.3 Å². The molecule has 1 atom stereocenters. The van der Waals surface area contributed by atoms with Crippen LogP contribution in [0.25, 0.3) is 11.3 Å². The number of nitrogens with zero attached hydrogens (tertiary/aromatic N) is 2. The summed E-state index contributed by atoms with van der Waals surface area (Å²) in [5.41, 5.74) is 1.50. The van der Waals surface area contributed by atoms with Crippen LogP contribution in [0.15, 0.2) is 65.5 Å². The molecule has 27 heavy (non-hydrogen) atoms. The Bertz CT molecular complexity index is 1020. The molecule has 1 aromatic heterocycles. The van der Waals surface area contributed by atoms with Gasteiger partial charge in [-0.05, 0) is 48.9 Å². The van der Waals surface area contributed by atoms with E-state index in [1.165, 1.54) is 18.2 Å². The third kappa shape index (κ3) is 4.41. The Morgan fingerprint density at radius 1 is 1.15 bits per heavy atom. The van der Waals surface area contributed by atoms with Gasteiger partial charge in [-0.2, -0.15) is 5.10 Å². The number of benzene rings is 2. The minimum absolute atomic E-state index is 0.245. The number of nitrogens with one attached hydrogen (secondary N) is 1. The summed E-state index contributed by atoms with van der Waals surface area (Å²) in [5, 5.41) is 7.57. The molecular formula is C20H17ClFN3O2. The molecule has 0 radical (unpaired) electrons. The molecule has 0 fully saturated rings. The van der Waals surface area contributed by atoms with Crippen molar-refractivity contribution in [3.05, 3.63) is 87.4 Å². The van der Waals surface area contributed by atoms with Crippen molar-refractivity contribution < 1.29 is 9.18 Å². The van der Waals surface area contributed by atoms with E-state index < -0.39 is 11.6 Å². The van der Waals surface area contributed by atoms with E-state index in [2.05, 4.69) is 10.4 Å². The highest BCUT2D eigenvalue weighted by molar-refractivity contribution is 6.31. The minimum Gasteiger partial charge on any atom is -0.350 e. The Balaban J connectivity index is 1.79. The van der Waals surface area contributed by atoms with Crippen LogP contribution in [0.1, 0.15) is 18.5 Å². The van der Waals surface area contributed by atoms with Crippen molar-refractivity contribution in [2.45, 2.75) is 19.5 Å². The Hall–Kier alpha value is -2.99. The Kier molecular flexibility index (Phi) is 5.66. The molecule has 0 aliphatic carbocycles. The van der Waals surface area contributed by atoms with Crippen LogP contribution in [0.4, 0.5) is 4.39 Å². The number of halogens is 2. The molecule has 1 amide bonds. The van der Waals surface area contributed by atoms with E-state index in [0.717, 1.165) is 10.2 Å². The summed E-state index contributed by atoms with van der Waals surface area (Å²) >= 11 is 6.08. The molecule has 0 saturated carbocycles. The second-order valence-corrected chi connectivity index (χ2v) is 6.40. The fourth-order valence-corrected chi connectivity index (χ4v) is 2.76. The normalized spacial score (nSPS) is 11.8. The quantitative estimate of drug-likeness (QED) is 0.730. The first-order valence-electron chi connectivity index (χ1n) is 8.32. The lowest BCUT2D eigenvalue weighted by molar-refractivity contribution is -0.124. The third-order valence-corrected chi connectivity index (χ3v) is 4.49. The molecule has 2 aromatic carbocycles. The molecule has 0 saturated heterocycles. The molecule has 5 nitrogen and oxygen atoms in total. The van der Waals surface area contributed by atoms with Crippen molar-refractivity contribution in [1.82, 2.24) is 15.1 Å². The number of carbonyl (C=O) groups is 1. The van der Waals surface area contributed by atoms with Gasteiger partial charge in [0.05, 0.1) is 5.69 Å². The molecule has 0 aliphatic rings. The molecule has 138 valence electrons. The number of hydrogen-bond acceptors (Lipinski definition) is 3. The minimum atomic E-state index is -0.819. The fourth-order valence-electron chi connectivity index (χ4n) is 2.56. The number of aromatic nitrogens is 2. The summed E-state index contributed by atoms with van der Waals surface area (Å²) in [6.07, 6.45) is 0. The lowest BCUT2D eigenvalue weighted by atomic mass is 10.1. The van der Waals surface area contributed by atoms with Crippen molar-refractivity contribution in [2.24, 2.45) is 0 Å². The first-order chi connectivity index (χ1) is 13.0. The van der Waals surface area contributed by atoms with Crippen molar-refractivity contribution in [3.63, 3.8) is 0 Å². The van der Waals surface area contributed by atoms with Gasteiger partial charge in [0.2, 0.25) is 5.91 Å². The van der Waals surface area contributed by atoms with Crippen LogP contribution < -0.4 is 10.9 Å². The number of carbonyl (C=O) groups excluding carboxylic acids is 1. The highest BCUT2D eigenvalue weighted by Gasteiger charge is 2.18. The summed E-state index contributed by atoms with van der Waals surface area (Å²) in [6.45, 7) is 1.83. The predicted octanol–water partition coefficient (Wildman–Crippen LogP) is 3.58. The third-order valence-electron chi connectivity index (χ3n) is 4.12. The summed E-state index contributed by atoms with van der Waals surface area (Å²) in [7, 11) is 0. The van der Waals surface area contributed by atoms with Crippen molar-refractivity contribution in [1.29, 1.82) is 0 Å². The second kappa shape index (κ2) is 8.14. The van der Waals surface area contributed by atoms with E-state index >= 15 is 0 Å². The summed E-state index contributed by atoms with van der Waals surface area (Å²) in [4.78, 5) is 24.6. The zero-order valence-electron chi connectivity index (χ0n) is 14.5. The Labute approximate surface area is 160 Å². The van der Waals surface area contributed by atoms with Crippen LogP contribution in [0.5, 0.6) is 0 Å². The first kappa shape index (κ1) is 18.8. The van der Waals surface area contributed by atoms with Gasteiger partial charge in [0.15, 0.2) is 0 Å². The topological polar surface area (TPSA) is 64.0 Å². The van der Waals surface area contributed by atoms with Gasteiger partial charge in [-0.3, -0.25) is 9.59 Å². The van der Waals surface area contributed by atoms with Crippen molar-refractivity contribution in [3.8, 4) is 11.3 Å². The smallest absolute Gasteiger partial charge is 0.267 e. The molecule has 1 heterocycles. The molecule has 0 bridgehead atoms. The number of rotatable bonds is 5. The highest BCUT2D eigenvalue weighted by Crippen LogP contribution is 2.17. The number of hydrogen-bond donors (Lipinski definition) is 1.